The van der Waals surface area contributed by atoms with E-state index in [0.29, 0.717) is 22.3 Å². The molecular formula is C17H14O6. The zero-order valence-corrected chi connectivity index (χ0v) is 12.5. The number of hydrogen-bond acceptors (Lipinski definition) is 6. The molecule has 4 rings (SSSR count). The Kier molecular flexibility index (Phi) is 3.82. The van der Waals surface area contributed by atoms with Crippen LogP contribution in [0.3, 0.4) is 0 Å². The third-order valence-corrected chi connectivity index (χ3v) is 4.03. The lowest BCUT2D eigenvalue weighted by Crippen LogP contribution is -2.01. The van der Waals surface area contributed by atoms with Crippen LogP contribution in [0.1, 0.15) is 52.0 Å². The average Bonchev–Trinajstić information content (AvgIpc) is 2.99. The predicted molar refractivity (Wildman–Crippen MR) is 77.5 cm³/mol. The summed E-state index contributed by atoms with van der Waals surface area (Å²) in [7, 11) is 0. The van der Waals surface area contributed by atoms with Gasteiger partial charge in [0.25, 0.3) is 0 Å². The first-order valence-electron chi connectivity index (χ1n) is 7.33. The maximum Gasteiger partial charge on any atom is 0.347 e. The predicted octanol–water partition coefficient (Wildman–Crippen LogP) is 2.25. The van der Waals surface area contributed by atoms with Gasteiger partial charge < -0.3 is 9.47 Å². The van der Waals surface area contributed by atoms with Crippen LogP contribution >= 0.6 is 0 Å². The summed E-state index contributed by atoms with van der Waals surface area (Å²) >= 11 is 0. The molecule has 0 saturated heterocycles. The maximum absolute atomic E-state index is 11.1. The number of carbonyl (C=O) groups excluding carboxylic acids is 4. The summed E-state index contributed by atoms with van der Waals surface area (Å²) in [5.74, 6) is -1.90. The molecule has 2 heterocycles. The van der Waals surface area contributed by atoms with E-state index in [2.05, 4.69) is 9.47 Å². The number of carbonyl (C=O) groups is 4. The molecule has 23 heavy (non-hydrogen) atoms. The number of hydrogen-bond donors (Lipinski definition) is 0. The lowest BCUT2D eigenvalue weighted by atomic mass is 9.93. The van der Waals surface area contributed by atoms with Crippen molar-refractivity contribution in [3.8, 4) is 0 Å². The van der Waals surface area contributed by atoms with E-state index in [4.69, 9.17) is 0 Å². The van der Waals surface area contributed by atoms with E-state index in [0.717, 1.165) is 31.2 Å². The van der Waals surface area contributed by atoms with Crippen LogP contribution in [0.25, 0.3) is 0 Å². The third-order valence-electron chi connectivity index (χ3n) is 4.03. The van der Waals surface area contributed by atoms with Gasteiger partial charge in [0, 0.05) is 11.1 Å². The number of fused-ring (bicyclic) bond motifs is 1. The van der Waals surface area contributed by atoms with Gasteiger partial charge in [-0.25, -0.2) is 19.2 Å². The number of rotatable bonds is 0. The van der Waals surface area contributed by atoms with Crippen molar-refractivity contribution in [2.24, 2.45) is 0 Å². The summed E-state index contributed by atoms with van der Waals surface area (Å²) in [6.45, 7) is 1.78. The molecule has 0 radical (unpaired) electrons. The highest BCUT2D eigenvalue weighted by atomic mass is 16.6. The average molecular weight is 314 g/mol. The van der Waals surface area contributed by atoms with Crippen molar-refractivity contribution in [3.05, 3.63) is 46.0 Å². The summed E-state index contributed by atoms with van der Waals surface area (Å²) in [6.07, 6.45) is 3.45. The van der Waals surface area contributed by atoms with Crippen LogP contribution in [-0.4, -0.2) is 23.9 Å². The molecule has 6 nitrogen and oxygen atoms in total. The first kappa shape index (κ1) is 15.1. The smallest absolute Gasteiger partial charge is 0.347 e. The van der Waals surface area contributed by atoms with Crippen LogP contribution in [-0.2, 0) is 19.1 Å². The van der Waals surface area contributed by atoms with Gasteiger partial charge >= 0.3 is 23.9 Å². The Hall–Kier alpha value is -2.76. The largest absolute Gasteiger partial charge is 0.386 e. The van der Waals surface area contributed by atoms with Crippen molar-refractivity contribution in [2.45, 2.75) is 32.6 Å². The highest BCUT2D eigenvalue weighted by Crippen LogP contribution is 2.30. The molecule has 1 aromatic rings. The second-order valence-electron chi connectivity index (χ2n) is 5.52. The fourth-order valence-electron chi connectivity index (χ4n) is 2.86. The summed E-state index contributed by atoms with van der Waals surface area (Å²) in [4.78, 5) is 43.9. The van der Waals surface area contributed by atoms with Gasteiger partial charge in [-0.3, -0.25) is 0 Å². The normalized spacial score (nSPS) is 18.8. The molecule has 0 unspecified atom stereocenters. The Labute approximate surface area is 132 Å². The van der Waals surface area contributed by atoms with Crippen molar-refractivity contribution in [1.29, 1.82) is 0 Å². The Bertz CT molecular complexity index is 745. The van der Waals surface area contributed by atoms with Crippen LogP contribution < -0.4 is 0 Å². The van der Waals surface area contributed by atoms with E-state index in [-0.39, 0.29) is 0 Å². The van der Waals surface area contributed by atoms with Crippen LogP contribution in [0, 0.1) is 6.92 Å². The van der Waals surface area contributed by atoms with E-state index >= 15 is 0 Å². The molecule has 6 heteroatoms. The van der Waals surface area contributed by atoms with Crippen LogP contribution in [0.5, 0.6) is 0 Å². The van der Waals surface area contributed by atoms with Gasteiger partial charge in [0.05, 0.1) is 11.1 Å². The monoisotopic (exact) mass is 314 g/mol. The minimum atomic E-state index is -0.543. The summed E-state index contributed by atoms with van der Waals surface area (Å²) in [6, 6.07) is 5.10. The van der Waals surface area contributed by atoms with Gasteiger partial charge in [-0.2, -0.15) is 0 Å². The van der Waals surface area contributed by atoms with E-state index in [1.807, 2.05) is 0 Å². The summed E-state index contributed by atoms with van der Waals surface area (Å²) < 4.78 is 8.89. The fourth-order valence-corrected chi connectivity index (χ4v) is 2.86. The zero-order chi connectivity index (χ0) is 16.6. The molecule has 0 atom stereocenters. The zero-order valence-electron chi connectivity index (χ0n) is 12.5. The molecule has 0 N–H and O–H groups in total. The van der Waals surface area contributed by atoms with E-state index in [1.54, 1.807) is 25.1 Å². The number of aryl methyl sites for hydroxylation is 1. The van der Waals surface area contributed by atoms with Crippen molar-refractivity contribution < 1.29 is 28.7 Å². The Morgan fingerprint density at radius 3 is 1.91 bits per heavy atom. The van der Waals surface area contributed by atoms with Crippen molar-refractivity contribution in [1.82, 2.24) is 0 Å². The molecule has 0 bridgehead atoms. The fraction of sp³-hybridized carbons (Fsp3) is 0.294. The molecule has 2 aliphatic heterocycles. The maximum atomic E-state index is 11.1. The molecule has 1 aromatic carbocycles. The second kappa shape index (κ2) is 5.79. The van der Waals surface area contributed by atoms with Gasteiger partial charge in [-0.1, -0.05) is 12.1 Å². The highest BCUT2D eigenvalue weighted by Gasteiger charge is 2.33. The lowest BCUT2D eigenvalue weighted by Gasteiger charge is -2.07. The van der Waals surface area contributed by atoms with Gasteiger partial charge in [0.2, 0.25) is 0 Å². The second-order valence-corrected chi connectivity index (χ2v) is 5.52. The highest BCUT2D eigenvalue weighted by molar-refractivity contribution is 6.15. The number of benzene rings is 1. The van der Waals surface area contributed by atoms with Crippen LogP contribution in [0.4, 0.5) is 0 Å². The molecule has 0 spiro atoms. The molecule has 0 fully saturated rings. The topological polar surface area (TPSA) is 86.7 Å². The van der Waals surface area contributed by atoms with Crippen molar-refractivity contribution in [3.63, 3.8) is 0 Å². The van der Waals surface area contributed by atoms with Gasteiger partial charge in [0.1, 0.15) is 0 Å². The molecule has 0 amide bonds. The standard InChI is InChI=1S/C9H6O3.C8H8O3/c1-5-3-2-4-6-7(5)9(11)12-8(6)10;9-7-5-3-1-2-4-6(5)8(10)11-7/h2-4H,1H3;1-4H2. The van der Waals surface area contributed by atoms with Gasteiger partial charge in [0.15, 0.2) is 0 Å². The Balaban J connectivity index is 0.000000136. The summed E-state index contributed by atoms with van der Waals surface area (Å²) in [5, 5.41) is 0. The first-order chi connectivity index (χ1) is 11.0. The molecular weight excluding hydrogens is 300 g/mol. The lowest BCUT2D eigenvalue weighted by molar-refractivity contribution is -0.151. The molecule has 0 aromatic heterocycles. The number of esters is 4. The number of cyclic esters (lactones) is 4. The minimum absolute atomic E-state index is 0.375. The van der Waals surface area contributed by atoms with Crippen molar-refractivity contribution >= 4 is 23.9 Å². The quantitative estimate of drug-likeness (QED) is 0.539. The molecule has 0 saturated carbocycles. The Morgan fingerprint density at radius 2 is 1.35 bits per heavy atom. The first-order valence-corrected chi connectivity index (χ1v) is 7.33. The SMILES string of the molecule is Cc1cccc2c1C(=O)OC2=O.O=C1OC(=O)C2=C1CCCC2. The Morgan fingerprint density at radius 1 is 0.783 bits per heavy atom. The summed E-state index contributed by atoms with van der Waals surface area (Å²) in [5.41, 5.74) is 2.81. The molecule has 1 aliphatic carbocycles. The van der Waals surface area contributed by atoms with E-state index in [9.17, 15) is 19.2 Å². The molecule has 118 valence electrons. The van der Waals surface area contributed by atoms with Gasteiger partial charge in [-0.05, 0) is 44.2 Å². The number of ether oxygens (including phenoxy) is 2. The third kappa shape index (κ3) is 2.67. The van der Waals surface area contributed by atoms with Crippen molar-refractivity contribution in [2.75, 3.05) is 0 Å². The van der Waals surface area contributed by atoms with E-state index in [1.165, 1.54) is 0 Å². The van der Waals surface area contributed by atoms with Crippen LogP contribution in [0.15, 0.2) is 29.3 Å². The van der Waals surface area contributed by atoms with E-state index < -0.39 is 23.9 Å². The van der Waals surface area contributed by atoms with Gasteiger partial charge in [-0.15, -0.1) is 0 Å². The minimum Gasteiger partial charge on any atom is -0.386 e. The molecule has 3 aliphatic rings. The van der Waals surface area contributed by atoms with Crippen LogP contribution in [0.2, 0.25) is 0 Å².